The van der Waals surface area contributed by atoms with Gasteiger partial charge in [0.1, 0.15) is 0 Å². The number of aromatic nitrogens is 1. The van der Waals surface area contributed by atoms with Crippen molar-refractivity contribution in [2.45, 2.75) is 6.92 Å². The lowest BCUT2D eigenvalue weighted by molar-refractivity contribution is 0.0695. The van der Waals surface area contributed by atoms with E-state index < -0.39 is 5.97 Å². The second-order valence-electron chi connectivity index (χ2n) is 2.15. The molecule has 0 amide bonds. The molecular weight excluding hydrogens is 162 g/mol. The molecule has 0 spiro atoms. The molecule has 1 rings (SSSR count). The van der Waals surface area contributed by atoms with E-state index in [1.807, 2.05) is 0 Å². The quantitative estimate of drug-likeness (QED) is 0.630. The van der Waals surface area contributed by atoms with Crippen LogP contribution < -0.4 is 0 Å². The predicted molar refractivity (Wildman–Crippen MR) is 43.3 cm³/mol. The molecule has 1 aromatic rings. The molecule has 2 N–H and O–H groups in total. The Kier molecular flexibility index (Phi) is 2.05. The number of carbonyl (C=O) groups is 1. The maximum absolute atomic E-state index is 10.6. The Bertz CT molecular complexity index is 343. The number of carboxylic acid groups (broad SMARTS) is 1. The molecule has 0 aromatic carbocycles. The van der Waals surface area contributed by atoms with Crippen LogP contribution in [0, 0.1) is 11.4 Å². The zero-order valence-corrected chi connectivity index (χ0v) is 6.73. The van der Waals surface area contributed by atoms with Gasteiger partial charge in [0, 0.05) is 11.9 Å². The van der Waals surface area contributed by atoms with Gasteiger partial charge in [-0.3, -0.25) is 0 Å². The number of aromatic amines is 1. The van der Waals surface area contributed by atoms with Crippen molar-refractivity contribution in [3.63, 3.8) is 0 Å². The Hall–Kier alpha value is -1.16. The van der Waals surface area contributed by atoms with Crippen molar-refractivity contribution in [3.8, 4) is 0 Å². The first-order chi connectivity index (χ1) is 5.13. The number of carboxylic acids is 1. The van der Waals surface area contributed by atoms with E-state index in [1.54, 1.807) is 19.2 Å². The normalized spacial score (nSPS) is 9.55. The van der Waals surface area contributed by atoms with Crippen LogP contribution in [0.5, 0.6) is 0 Å². The summed E-state index contributed by atoms with van der Waals surface area (Å²) >= 11 is 4.81. The van der Waals surface area contributed by atoms with Gasteiger partial charge in [0.05, 0.1) is 10.1 Å². The van der Waals surface area contributed by atoms with Crippen molar-refractivity contribution in [1.29, 1.82) is 0 Å². The molecule has 0 unspecified atom stereocenters. The van der Waals surface area contributed by atoms with Crippen LogP contribution in [0.3, 0.4) is 0 Å². The van der Waals surface area contributed by atoms with Gasteiger partial charge in [-0.05, 0) is 13.0 Å². The van der Waals surface area contributed by atoms with Crippen molar-refractivity contribution >= 4 is 18.2 Å². The number of H-pyrrole nitrogens is 1. The van der Waals surface area contributed by atoms with Gasteiger partial charge in [-0.15, -0.1) is 0 Å². The summed E-state index contributed by atoms with van der Waals surface area (Å²) < 4.78 is 0.369. The molecule has 3 nitrogen and oxygen atoms in total. The monoisotopic (exact) mass is 169 g/mol. The second kappa shape index (κ2) is 2.84. The van der Waals surface area contributed by atoms with Crippen LogP contribution in [0.1, 0.15) is 16.1 Å². The van der Waals surface area contributed by atoms with E-state index >= 15 is 0 Å². The van der Waals surface area contributed by atoms with Crippen LogP contribution in [0.2, 0.25) is 0 Å². The Labute approximate surface area is 68.7 Å². The summed E-state index contributed by atoms with van der Waals surface area (Å²) in [6.07, 6.45) is 1.63. The molecule has 0 aliphatic rings. The Balaban J connectivity index is 3.45. The molecule has 1 aromatic heterocycles. The minimum atomic E-state index is -0.982. The first kappa shape index (κ1) is 7.94. The predicted octanol–water partition coefficient (Wildman–Crippen LogP) is 1.75. The third-order valence-corrected chi connectivity index (χ3v) is 1.71. The zero-order valence-electron chi connectivity index (χ0n) is 5.92. The Morgan fingerprint density at radius 1 is 1.73 bits per heavy atom. The van der Waals surface area contributed by atoms with E-state index in [0.29, 0.717) is 10.2 Å². The molecule has 0 atom stereocenters. The summed E-state index contributed by atoms with van der Waals surface area (Å²) in [4.78, 5) is 13.3. The highest BCUT2D eigenvalue weighted by Crippen LogP contribution is 2.05. The molecular formula is C7H7NO2S. The van der Waals surface area contributed by atoms with Crippen molar-refractivity contribution < 1.29 is 9.90 Å². The summed E-state index contributed by atoms with van der Waals surface area (Å²) in [5.74, 6) is -0.982. The maximum Gasteiger partial charge on any atom is 0.338 e. The van der Waals surface area contributed by atoms with Crippen LogP contribution in [0.25, 0.3) is 0 Å². The van der Waals surface area contributed by atoms with E-state index in [9.17, 15) is 4.79 Å². The number of nitrogens with one attached hydrogen (secondary N) is 1. The molecule has 0 aliphatic carbocycles. The fourth-order valence-electron chi connectivity index (χ4n) is 0.848. The lowest BCUT2D eigenvalue weighted by Gasteiger charge is -1.98. The smallest absolute Gasteiger partial charge is 0.338 e. The molecule has 0 fully saturated rings. The largest absolute Gasteiger partial charge is 0.478 e. The number of rotatable bonds is 1. The lowest BCUT2D eigenvalue weighted by atomic mass is 10.2. The van der Waals surface area contributed by atoms with Crippen LogP contribution >= 0.6 is 12.2 Å². The molecule has 58 valence electrons. The topological polar surface area (TPSA) is 53.1 Å². The Morgan fingerprint density at radius 2 is 2.36 bits per heavy atom. The minimum absolute atomic E-state index is 0.183. The standard InChI is InChI=1S/C7H7NO2S/c1-4-6(7(9)10)5(11)2-3-8-4/h2-3H,1H3,(H,8,11)(H,9,10). The van der Waals surface area contributed by atoms with E-state index in [4.69, 9.17) is 17.3 Å². The van der Waals surface area contributed by atoms with Crippen LogP contribution in [0.4, 0.5) is 0 Å². The van der Waals surface area contributed by atoms with Gasteiger partial charge in [-0.1, -0.05) is 12.2 Å². The molecule has 0 saturated carbocycles. The Morgan fingerprint density at radius 3 is 2.73 bits per heavy atom. The zero-order chi connectivity index (χ0) is 8.43. The van der Waals surface area contributed by atoms with Crippen LogP contribution in [0.15, 0.2) is 12.3 Å². The summed E-state index contributed by atoms with van der Waals surface area (Å²) in [5, 5.41) is 8.66. The lowest BCUT2D eigenvalue weighted by Crippen LogP contribution is -2.01. The van der Waals surface area contributed by atoms with Gasteiger partial charge in [0.2, 0.25) is 0 Å². The fourth-order valence-corrected chi connectivity index (χ4v) is 1.16. The van der Waals surface area contributed by atoms with E-state index in [0.717, 1.165) is 0 Å². The number of pyridine rings is 1. The number of aromatic carboxylic acids is 1. The van der Waals surface area contributed by atoms with Gasteiger partial charge in [-0.2, -0.15) is 0 Å². The van der Waals surface area contributed by atoms with E-state index in [2.05, 4.69) is 4.98 Å². The number of aryl methyl sites for hydroxylation is 1. The highest BCUT2D eigenvalue weighted by Gasteiger charge is 2.07. The molecule has 4 heteroatoms. The number of hydrogen-bond acceptors (Lipinski definition) is 2. The van der Waals surface area contributed by atoms with Gasteiger partial charge in [0.25, 0.3) is 0 Å². The van der Waals surface area contributed by atoms with Gasteiger partial charge in [-0.25, -0.2) is 4.79 Å². The van der Waals surface area contributed by atoms with Gasteiger partial charge < -0.3 is 10.1 Å². The second-order valence-corrected chi connectivity index (χ2v) is 2.59. The highest BCUT2D eigenvalue weighted by molar-refractivity contribution is 7.71. The summed E-state index contributed by atoms with van der Waals surface area (Å²) in [7, 11) is 0. The van der Waals surface area contributed by atoms with Crippen LogP contribution in [-0.4, -0.2) is 16.1 Å². The fraction of sp³-hybridized carbons (Fsp3) is 0.143. The highest BCUT2D eigenvalue weighted by atomic mass is 32.1. The minimum Gasteiger partial charge on any atom is -0.478 e. The molecule has 1 heterocycles. The van der Waals surface area contributed by atoms with Crippen LogP contribution in [-0.2, 0) is 0 Å². The maximum atomic E-state index is 10.6. The molecule has 11 heavy (non-hydrogen) atoms. The summed E-state index contributed by atoms with van der Waals surface area (Å²) in [6.45, 7) is 1.68. The number of hydrogen-bond donors (Lipinski definition) is 2. The summed E-state index contributed by atoms with van der Waals surface area (Å²) in [5.41, 5.74) is 0.771. The third-order valence-electron chi connectivity index (χ3n) is 1.37. The molecule has 0 saturated heterocycles. The van der Waals surface area contributed by atoms with Crippen molar-refractivity contribution in [3.05, 3.63) is 28.0 Å². The SMILES string of the molecule is Cc1[nH]ccc(=S)c1C(=O)O. The van der Waals surface area contributed by atoms with E-state index in [-0.39, 0.29) is 5.56 Å². The van der Waals surface area contributed by atoms with Crippen molar-refractivity contribution in [2.75, 3.05) is 0 Å². The van der Waals surface area contributed by atoms with Crippen molar-refractivity contribution in [2.24, 2.45) is 0 Å². The first-order valence-corrected chi connectivity index (χ1v) is 3.45. The molecule has 0 radical (unpaired) electrons. The van der Waals surface area contributed by atoms with Crippen molar-refractivity contribution in [1.82, 2.24) is 4.98 Å². The third kappa shape index (κ3) is 1.46. The first-order valence-electron chi connectivity index (χ1n) is 3.04. The average molecular weight is 169 g/mol. The van der Waals surface area contributed by atoms with Gasteiger partial charge >= 0.3 is 5.97 Å². The molecule has 0 bridgehead atoms. The molecule has 0 aliphatic heterocycles. The average Bonchev–Trinajstić information content (AvgIpc) is 1.85. The van der Waals surface area contributed by atoms with Gasteiger partial charge in [0.15, 0.2) is 0 Å². The van der Waals surface area contributed by atoms with E-state index in [1.165, 1.54) is 0 Å². The summed E-state index contributed by atoms with van der Waals surface area (Å²) in [6, 6.07) is 1.56.